The van der Waals surface area contributed by atoms with Crippen molar-refractivity contribution in [3.05, 3.63) is 29.6 Å². The molecule has 3 heterocycles. The van der Waals surface area contributed by atoms with Crippen LogP contribution in [0, 0.1) is 12.8 Å². The molecule has 0 saturated carbocycles. The number of methoxy groups -OCH3 is 1. The third kappa shape index (κ3) is 5.08. The Balaban J connectivity index is 1.49. The van der Waals surface area contributed by atoms with Crippen molar-refractivity contribution >= 4 is 11.8 Å². The highest BCUT2D eigenvalue weighted by atomic mass is 16.5. The number of carbonyl (C=O) groups is 2. The molecule has 0 unspecified atom stereocenters. The number of likely N-dealkylation sites (tertiary alicyclic amines) is 2. The van der Waals surface area contributed by atoms with Crippen LogP contribution in [-0.4, -0.2) is 79.1 Å². The molecule has 2 amide bonds. The fraction of sp³-hybridized carbons (Fsp3) is 0.667. The number of hydrogen-bond donors (Lipinski definition) is 1. The van der Waals surface area contributed by atoms with E-state index in [-0.39, 0.29) is 17.7 Å². The van der Waals surface area contributed by atoms with Crippen LogP contribution in [0.25, 0.3) is 0 Å². The molecular formula is C21H32N4O3. The Bertz CT molecular complexity index is 673. The first-order chi connectivity index (χ1) is 13.6. The number of pyridine rings is 1. The zero-order chi connectivity index (χ0) is 19.9. The molecule has 0 aliphatic carbocycles. The van der Waals surface area contributed by atoms with Crippen LogP contribution in [0.2, 0.25) is 0 Å². The highest BCUT2D eigenvalue weighted by molar-refractivity contribution is 5.95. The van der Waals surface area contributed by atoms with Gasteiger partial charge < -0.3 is 15.0 Å². The molecule has 2 saturated heterocycles. The smallest absolute Gasteiger partial charge is 0.255 e. The van der Waals surface area contributed by atoms with Crippen molar-refractivity contribution in [1.82, 2.24) is 20.1 Å². The number of aromatic nitrogens is 1. The summed E-state index contributed by atoms with van der Waals surface area (Å²) in [7, 11) is 1.64. The molecule has 1 aromatic heterocycles. The second-order valence-electron chi connectivity index (χ2n) is 7.83. The molecular weight excluding hydrogens is 356 g/mol. The van der Waals surface area contributed by atoms with E-state index in [1.54, 1.807) is 19.5 Å². The average molecular weight is 389 g/mol. The summed E-state index contributed by atoms with van der Waals surface area (Å²) in [5.74, 6) is 0.280. The zero-order valence-electron chi connectivity index (χ0n) is 17.0. The summed E-state index contributed by atoms with van der Waals surface area (Å²) in [5.41, 5.74) is 1.67. The van der Waals surface area contributed by atoms with E-state index >= 15 is 0 Å². The van der Waals surface area contributed by atoms with Crippen LogP contribution in [-0.2, 0) is 9.53 Å². The quantitative estimate of drug-likeness (QED) is 0.747. The third-order valence-electron chi connectivity index (χ3n) is 5.97. The topological polar surface area (TPSA) is 74.8 Å². The van der Waals surface area contributed by atoms with Gasteiger partial charge in [0.15, 0.2) is 0 Å². The summed E-state index contributed by atoms with van der Waals surface area (Å²) in [6, 6.07) is 2.33. The normalized spacial score (nSPS) is 21.5. The van der Waals surface area contributed by atoms with Gasteiger partial charge in [-0.2, -0.15) is 0 Å². The Morgan fingerprint density at radius 1 is 1.25 bits per heavy atom. The van der Waals surface area contributed by atoms with Gasteiger partial charge in [0, 0.05) is 51.7 Å². The largest absolute Gasteiger partial charge is 0.383 e. The number of piperidine rings is 2. The van der Waals surface area contributed by atoms with Crippen LogP contribution < -0.4 is 5.32 Å². The first kappa shape index (κ1) is 20.7. The lowest BCUT2D eigenvalue weighted by molar-refractivity contribution is -0.127. The zero-order valence-corrected chi connectivity index (χ0v) is 17.0. The molecule has 2 fully saturated rings. The lowest BCUT2D eigenvalue weighted by Gasteiger charge is -2.42. The van der Waals surface area contributed by atoms with Crippen molar-refractivity contribution in [2.75, 3.05) is 46.4 Å². The Morgan fingerprint density at radius 2 is 2.04 bits per heavy atom. The Morgan fingerprint density at radius 3 is 2.75 bits per heavy atom. The van der Waals surface area contributed by atoms with Crippen LogP contribution in [0.5, 0.6) is 0 Å². The van der Waals surface area contributed by atoms with Gasteiger partial charge in [-0.15, -0.1) is 0 Å². The van der Waals surface area contributed by atoms with Crippen LogP contribution >= 0.6 is 0 Å². The molecule has 1 N–H and O–H groups in total. The summed E-state index contributed by atoms with van der Waals surface area (Å²) >= 11 is 0. The highest BCUT2D eigenvalue weighted by Crippen LogP contribution is 2.25. The van der Waals surface area contributed by atoms with Crippen molar-refractivity contribution in [3.63, 3.8) is 0 Å². The van der Waals surface area contributed by atoms with Gasteiger partial charge in [0.05, 0.1) is 18.1 Å². The molecule has 3 rings (SSSR count). The lowest BCUT2D eigenvalue weighted by Crippen LogP contribution is -2.51. The summed E-state index contributed by atoms with van der Waals surface area (Å²) in [5, 5.41) is 2.97. The van der Waals surface area contributed by atoms with Gasteiger partial charge in [-0.25, -0.2) is 0 Å². The van der Waals surface area contributed by atoms with Crippen LogP contribution in [0.3, 0.4) is 0 Å². The van der Waals surface area contributed by atoms with Crippen LogP contribution in [0.4, 0.5) is 0 Å². The fourth-order valence-electron chi connectivity index (χ4n) is 4.27. The Kier molecular flexibility index (Phi) is 7.39. The van der Waals surface area contributed by atoms with E-state index in [0.717, 1.165) is 57.4 Å². The van der Waals surface area contributed by atoms with Gasteiger partial charge in [0.2, 0.25) is 5.91 Å². The second-order valence-corrected chi connectivity index (χ2v) is 7.83. The minimum atomic E-state index is 0.0586. The van der Waals surface area contributed by atoms with Crippen LogP contribution in [0.1, 0.15) is 41.6 Å². The van der Waals surface area contributed by atoms with E-state index in [0.29, 0.717) is 24.8 Å². The van der Waals surface area contributed by atoms with E-state index in [4.69, 9.17) is 4.74 Å². The van der Waals surface area contributed by atoms with E-state index in [1.165, 1.54) is 0 Å². The summed E-state index contributed by atoms with van der Waals surface area (Å²) in [6.45, 7) is 6.46. The summed E-state index contributed by atoms with van der Waals surface area (Å²) in [4.78, 5) is 33.7. The SMILES string of the molecule is COCCNC(=O)[C@H]1CCCN(C2CCN(C(=O)c3cnccc3C)CC2)C1. The van der Waals surface area contributed by atoms with E-state index in [2.05, 4.69) is 15.2 Å². The average Bonchev–Trinajstić information content (AvgIpc) is 2.74. The minimum absolute atomic E-state index is 0.0586. The molecule has 28 heavy (non-hydrogen) atoms. The predicted octanol–water partition coefficient (Wildman–Crippen LogP) is 1.47. The second kappa shape index (κ2) is 9.98. The number of aryl methyl sites for hydroxylation is 1. The Labute approximate surface area is 167 Å². The van der Waals surface area contributed by atoms with Crippen molar-refractivity contribution in [2.45, 2.75) is 38.6 Å². The van der Waals surface area contributed by atoms with Crippen molar-refractivity contribution in [2.24, 2.45) is 5.92 Å². The summed E-state index contributed by atoms with van der Waals surface area (Å²) in [6.07, 6.45) is 7.31. The third-order valence-corrected chi connectivity index (χ3v) is 5.97. The molecule has 2 aliphatic rings. The van der Waals surface area contributed by atoms with Gasteiger partial charge in [0.25, 0.3) is 5.91 Å². The van der Waals surface area contributed by atoms with Gasteiger partial charge in [-0.1, -0.05) is 0 Å². The van der Waals surface area contributed by atoms with Crippen molar-refractivity contribution < 1.29 is 14.3 Å². The number of carbonyl (C=O) groups excluding carboxylic acids is 2. The van der Waals surface area contributed by atoms with Crippen molar-refractivity contribution in [1.29, 1.82) is 0 Å². The lowest BCUT2D eigenvalue weighted by atomic mass is 9.93. The Hall–Kier alpha value is -1.99. The van der Waals surface area contributed by atoms with Gasteiger partial charge >= 0.3 is 0 Å². The fourth-order valence-corrected chi connectivity index (χ4v) is 4.27. The standard InChI is InChI=1S/C21H32N4O3/c1-16-5-8-22-14-19(16)21(27)24-11-6-18(7-12-24)25-10-3-4-17(15-25)20(26)23-9-13-28-2/h5,8,14,17-18H,3-4,6-7,9-13,15H2,1-2H3,(H,23,26)/t17-/m0/s1. The number of hydrogen-bond acceptors (Lipinski definition) is 5. The molecule has 7 nitrogen and oxygen atoms in total. The summed E-state index contributed by atoms with van der Waals surface area (Å²) < 4.78 is 5.00. The van der Waals surface area contributed by atoms with Gasteiger partial charge in [0.1, 0.15) is 0 Å². The molecule has 0 radical (unpaired) electrons. The molecule has 1 aromatic rings. The number of amides is 2. The van der Waals surface area contributed by atoms with Crippen LogP contribution in [0.15, 0.2) is 18.5 Å². The first-order valence-corrected chi connectivity index (χ1v) is 10.3. The number of rotatable bonds is 6. The van der Waals surface area contributed by atoms with Gasteiger partial charge in [-0.3, -0.25) is 19.5 Å². The van der Waals surface area contributed by atoms with E-state index < -0.39 is 0 Å². The molecule has 154 valence electrons. The number of ether oxygens (including phenoxy) is 1. The monoisotopic (exact) mass is 388 g/mol. The molecule has 0 aromatic carbocycles. The van der Waals surface area contributed by atoms with E-state index in [9.17, 15) is 9.59 Å². The first-order valence-electron chi connectivity index (χ1n) is 10.3. The van der Waals surface area contributed by atoms with E-state index in [1.807, 2.05) is 17.9 Å². The number of nitrogens with zero attached hydrogens (tertiary/aromatic N) is 3. The maximum atomic E-state index is 12.8. The maximum Gasteiger partial charge on any atom is 0.255 e. The van der Waals surface area contributed by atoms with Crippen molar-refractivity contribution in [3.8, 4) is 0 Å². The minimum Gasteiger partial charge on any atom is -0.383 e. The highest BCUT2D eigenvalue weighted by Gasteiger charge is 2.32. The molecule has 0 spiro atoms. The maximum absolute atomic E-state index is 12.8. The molecule has 7 heteroatoms. The van der Waals surface area contributed by atoms with Gasteiger partial charge in [-0.05, 0) is 50.8 Å². The predicted molar refractivity (Wildman–Crippen MR) is 107 cm³/mol. The molecule has 2 aliphatic heterocycles. The molecule has 0 bridgehead atoms. The number of nitrogens with one attached hydrogen (secondary N) is 1. The molecule has 1 atom stereocenters.